The second-order valence-corrected chi connectivity index (χ2v) is 6.81. The highest BCUT2D eigenvalue weighted by molar-refractivity contribution is 7.93. The van der Waals surface area contributed by atoms with E-state index in [2.05, 4.69) is 23.9 Å². The van der Waals surface area contributed by atoms with Gasteiger partial charge in [0, 0.05) is 6.54 Å². The normalized spacial score (nSPS) is 20.9. The molecule has 1 fully saturated rings. The van der Waals surface area contributed by atoms with Gasteiger partial charge in [0.25, 0.3) is 0 Å². The molecule has 0 saturated heterocycles. The predicted octanol–water partition coefficient (Wildman–Crippen LogP) is 0.626. The molecule has 0 aromatic heterocycles. The van der Waals surface area contributed by atoms with E-state index in [1.807, 2.05) is 0 Å². The topological polar surface area (TPSA) is 72.2 Å². The Balaban J connectivity index is 2.45. The van der Waals surface area contributed by atoms with Crippen LogP contribution in [-0.2, 0) is 10.0 Å². The van der Waals surface area contributed by atoms with Crippen LogP contribution in [0.15, 0.2) is 0 Å². The molecule has 1 saturated carbocycles. The summed E-state index contributed by atoms with van der Waals surface area (Å²) in [6.07, 6.45) is 2.43. The molecular formula is C9H18N2O2S2. The fraction of sp³-hybridized carbons (Fsp3) is 0.889. The van der Waals surface area contributed by atoms with Gasteiger partial charge in [0.2, 0.25) is 10.0 Å². The first-order valence-electron chi connectivity index (χ1n) is 5.12. The largest absolute Gasteiger partial charge is 0.392 e. The number of nitrogens with one attached hydrogen (secondary N) is 1. The van der Waals surface area contributed by atoms with Crippen LogP contribution < -0.4 is 10.5 Å². The van der Waals surface area contributed by atoms with E-state index in [9.17, 15) is 8.42 Å². The lowest BCUT2D eigenvalue weighted by Crippen LogP contribution is -2.41. The van der Waals surface area contributed by atoms with Crippen molar-refractivity contribution >= 4 is 27.2 Å². The highest BCUT2D eigenvalue weighted by Crippen LogP contribution is 2.36. The van der Waals surface area contributed by atoms with E-state index in [-0.39, 0.29) is 4.99 Å². The molecule has 0 aromatic rings. The summed E-state index contributed by atoms with van der Waals surface area (Å²) in [7, 11) is -3.38. The molecule has 1 rings (SSSR count). The van der Waals surface area contributed by atoms with Gasteiger partial charge in [-0.3, -0.25) is 0 Å². The molecule has 4 nitrogen and oxygen atoms in total. The molecule has 6 heteroatoms. The minimum absolute atomic E-state index is 0.0153. The van der Waals surface area contributed by atoms with Crippen LogP contribution in [0, 0.1) is 11.8 Å². The molecule has 0 heterocycles. The molecule has 88 valence electrons. The standard InChI is InChI=1S/C9H18N2O2S2/c1-6(8-3-4-8)5-11-15(12,13)7(2)9(10)14/h6-8,11H,3-5H2,1-2H3,(H2,10,14). The zero-order chi connectivity index (χ0) is 11.6. The van der Waals surface area contributed by atoms with Crippen molar-refractivity contribution in [3.8, 4) is 0 Å². The Morgan fingerprint density at radius 2 is 2.07 bits per heavy atom. The second-order valence-electron chi connectivity index (χ2n) is 4.25. The van der Waals surface area contributed by atoms with Crippen molar-refractivity contribution in [2.24, 2.45) is 17.6 Å². The smallest absolute Gasteiger partial charge is 0.220 e. The van der Waals surface area contributed by atoms with Crippen molar-refractivity contribution in [1.82, 2.24) is 4.72 Å². The third kappa shape index (κ3) is 3.70. The first-order chi connectivity index (χ1) is 6.84. The Labute approximate surface area is 96.7 Å². The van der Waals surface area contributed by atoms with Gasteiger partial charge in [0.15, 0.2) is 0 Å². The average Bonchev–Trinajstić information content (AvgIpc) is 2.96. The van der Waals surface area contributed by atoms with Crippen molar-refractivity contribution < 1.29 is 8.42 Å². The van der Waals surface area contributed by atoms with Crippen molar-refractivity contribution in [3.05, 3.63) is 0 Å². The van der Waals surface area contributed by atoms with E-state index in [4.69, 9.17) is 5.73 Å². The highest BCUT2D eigenvalue weighted by atomic mass is 32.2. The molecule has 0 radical (unpaired) electrons. The van der Waals surface area contributed by atoms with Crippen LogP contribution in [0.4, 0.5) is 0 Å². The maximum atomic E-state index is 11.6. The van der Waals surface area contributed by atoms with Gasteiger partial charge in [-0.25, -0.2) is 13.1 Å². The number of sulfonamides is 1. The lowest BCUT2D eigenvalue weighted by molar-refractivity contribution is 0.491. The van der Waals surface area contributed by atoms with E-state index < -0.39 is 15.3 Å². The third-order valence-electron chi connectivity index (χ3n) is 2.90. The molecule has 2 atom stereocenters. The maximum Gasteiger partial charge on any atom is 0.220 e. The van der Waals surface area contributed by atoms with Crippen LogP contribution >= 0.6 is 12.2 Å². The minimum Gasteiger partial charge on any atom is -0.392 e. The first kappa shape index (κ1) is 12.9. The van der Waals surface area contributed by atoms with Crippen molar-refractivity contribution in [2.45, 2.75) is 31.9 Å². The number of nitrogens with two attached hydrogens (primary N) is 1. The molecule has 0 amide bonds. The summed E-state index contributed by atoms with van der Waals surface area (Å²) in [4.78, 5) is 0.0153. The SMILES string of the molecule is CC(CNS(=O)(=O)C(C)C(N)=S)C1CC1. The zero-order valence-electron chi connectivity index (χ0n) is 9.06. The van der Waals surface area contributed by atoms with Crippen LogP contribution in [0.2, 0.25) is 0 Å². The summed E-state index contributed by atoms with van der Waals surface area (Å²) in [6.45, 7) is 4.05. The van der Waals surface area contributed by atoms with Crippen molar-refractivity contribution in [2.75, 3.05) is 6.54 Å². The van der Waals surface area contributed by atoms with Gasteiger partial charge in [-0.2, -0.15) is 0 Å². The van der Waals surface area contributed by atoms with Crippen molar-refractivity contribution in [1.29, 1.82) is 0 Å². The molecule has 0 bridgehead atoms. The van der Waals surface area contributed by atoms with Gasteiger partial charge in [0.05, 0.1) is 4.99 Å². The Hall–Kier alpha value is -0.200. The Bertz CT molecular complexity index is 336. The van der Waals surface area contributed by atoms with E-state index in [0.29, 0.717) is 18.4 Å². The van der Waals surface area contributed by atoms with E-state index >= 15 is 0 Å². The van der Waals surface area contributed by atoms with Gasteiger partial charge >= 0.3 is 0 Å². The van der Waals surface area contributed by atoms with Crippen LogP contribution in [0.3, 0.4) is 0 Å². The van der Waals surface area contributed by atoms with Gasteiger partial charge < -0.3 is 5.73 Å². The van der Waals surface area contributed by atoms with Gasteiger partial charge in [-0.15, -0.1) is 0 Å². The van der Waals surface area contributed by atoms with Crippen molar-refractivity contribution in [3.63, 3.8) is 0 Å². The number of hydrogen-bond donors (Lipinski definition) is 2. The summed E-state index contributed by atoms with van der Waals surface area (Å²) in [5.74, 6) is 1.09. The van der Waals surface area contributed by atoms with Gasteiger partial charge in [0.1, 0.15) is 5.25 Å². The predicted molar refractivity (Wildman–Crippen MR) is 65.1 cm³/mol. The molecule has 0 aromatic carbocycles. The Kier molecular flexibility index (Phi) is 4.08. The van der Waals surface area contributed by atoms with E-state index in [1.165, 1.54) is 19.8 Å². The van der Waals surface area contributed by atoms with Crippen LogP contribution in [-0.4, -0.2) is 25.2 Å². The summed E-state index contributed by atoms with van der Waals surface area (Å²) in [6, 6.07) is 0. The van der Waals surface area contributed by atoms with Gasteiger partial charge in [-0.1, -0.05) is 19.1 Å². The summed E-state index contributed by atoms with van der Waals surface area (Å²) in [5.41, 5.74) is 5.31. The quantitative estimate of drug-likeness (QED) is 0.678. The molecule has 3 N–H and O–H groups in total. The average molecular weight is 250 g/mol. The lowest BCUT2D eigenvalue weighted by atomic mass is 10.1. The maximum absolute atomic E-state index is 11.6. The van der Waals surface area contributed by atoms with Gasteiger partial charge in [-0.05, 0) is 31.6 Å². The Morgan fingerprint density at radius 1 is 1.53 bits per heavy atom. The molecule has 0 spiro atoms. The summed E-state index contributed by atoms with van der Waals surface area (Å²) >= 11 is 4.67. The fourth-order valence-electron chi connectivity index (χ4n) is 1.36. The van der Waals surface area contributed by atoms with E-state index in [1.54, 1.807) is 0 Å². The monoisotopic (exact) mass is 250 g/mol. The minimum atomic E-state index is -3.38. The molecule has 0 aliphatic heterocycles. The van der Waals surface area contributed by atoms with Crippen LogP contribution in [0.25, 0.3) is 0 Å². The number of hydrogen-bond acceptors (Lipinski definition) is 3. The molecule has 1 aliphatic rings. The molecule has 2 unspecified atom stereocenters. The molecule has 1 aliphatic carbocycles. The van der Waals surface area contributed by atoms with Crippen LogP contribution in [0.5, 0.6) is 0 Å². The summed E-state index contributed by atoms with van der Waals surface area (Å²) < 4.78 is 25.8. The fourth-order valence-corrected chi connectivity index (χ4v) is 2.79. The third-order valence-corrected chi connectivity index (χ3v) is 5.16. The molecule has 15 heavy (non-hydrogen) atoms. The van der Waals surface area contributed by atoms with Crippen LogP contribution in [0.1, 0.15) is 26.7 Å². The zero-order valence-corrected chi connectivity index (χ0v) is 10.7. The first-order valence-corrected chi connectivity index (χ1v) is 7.08. The second kappa shape index (κ2) is 4.76. The summed E-state index contributed by atoms with van der Waals surface area (Å²) in [5, 5.41) is -0.793. The lowest BCUT2D eigenvalue weighted by Gasteiger charge is -2.15. The molecular weight excluding hydrogens is 232 g/mol. The highest BCUT2D eigenvalue weighted by Gasteiger charge is 2.30. The number of thiocarbonyl (C=S) groups is 1. The Morgan fingerprint density at radius 3 is 2.47 bits per heavy atom. The van der Waals surface area contributed by atoms with E-state index in [0.717, 1.165) is 0 Å². The number of rotatable bonds is 6.